The van der Waals surface area contributed by atoms with Crippen molar-refractivity contribution in [3.8, 4) is 0 Å². The summed E-state index contributed by atoms with van der Waals surface area (Å²) in [6, 6.07) is 4.36. The standard InChI is InChI=1S/C13H19N5/c1-10(2)18-8-5-11(17-18)9-12(14-3)13-15-6-4-7-16-13/h4-8,10,12,14H,9H2,1-3H3. The Morgan fingerprint density at radius 1 is 1.28 bits per heavy atom. The molecule has 1 atom stereocenters. The van der Waals surface area contributed by atoms with E-state index in [1.165, 1.54) is 0 Å². The molecule has 2 heterocycles. The Labute approximate surface area is 107 Å². The second-order valence-electron chi connectivity index (χ2n) is 4.53. The number of likely N-dealkylation sites (N-methyl/N-ethyl adjacent to an activating group) is 1. The minimum Gasteiger partial charge on any atom is -0.310 e. The molecule has 0 amide bonds. The van der Waals surface area contributed by atoms with E-state index in [4.69, 9.17) is 0 Å². The van der Waals surface area contributed by atoms with E-state index in [-0.39, 0.29) is 6.04 Å². The molecule has 96 valence electrons. The molecule has 0 aliphatic carbocycles. The van der Waals surface area contributed by atoms with E-state index in [2.05, 4.69) is 34.2 Å². The molecule has 2 aromatic heterocycles. The van der Waals surface area contributed by atoms with E-state index in [9.17, 15) is 0 Å². The van der Waals surface area contributed by atoms with Crippen molar-refractivity contribution in [3.05, 3.63) is 42.2 Å². The van der Waals surface area contributed by atoms with E-state index in [1.54, 1.807) is 12.4 Å². The molecule has 18 heavy (non-hydrogen) atoms. The molecule has 0 bridgehead atoms. The summed E-state index contributed by atoms with van der Waals surface area (Å²) in [4.78, 5) is 8.56. The largest absolute Gasteiger partial charge is 0.310 e. The minimum absolute atomic E-state index is 0.0988. The first-order valence-electron chi connectivity index (χ1n) is 6.19. The Morgan fingerprint density at radius 3 is 2.56 bits per heavy atom. The highest BCUT2D eigenvalue weighted by Crippen LogP contribution is 2.13. The van der Waals surface area contributed by atoms with Gasteiger partial charge in [0.05, 0.1) is 11.7 Å². The van der Waals surface area contributed by atoms with Gasteiger partial charge in [-0.15, -0.1) is 0 Å². The lowest BCUT2D eigenvalue weighted by Crippen LogP contribution is -2.21. The maximum absolute atomic E-state index is 4.54. The number of nitrogens with zero attached hydrogens (tertiary/aromatic N) is 4. The van der Waals surface area contributed by atoms with Gasteiger partial charge in [-0.2, -0.15) is 5.10 Å². The van der Waals surface area contributed by atoms with Gasteiger partial charge in [-0.05, 0) is 33.0 Å². The predicted molar refractivity (Wildman–Crippen MR) is 70.1 cm³/mol. The van der Waals surface area contributed by atoms with Crippen molar-refractivity contribution in [1.29, 1.82) is 0 Å². The third-order valence-corrected chi connectivity index (χ3v) is 2.85. The molecule has 5 nitrogen and oxygen atoms in total. The van der Waals surface area contributed by atoms with E-state index in [1.807, 2.05) is 30.1 Å². The fourth-order valence-electron chi connectivity index (χ4n) is 1.80. The quantitative estimate of drug-likeness (QED) is 0.872. The molecule has 2 aromatic rings. The van der Waals surface area contributed by atoms with Crippen LogP contribution >= 0.6 is 0 Å². The fraction of sp³-hybridized carbons (Fsp3) is 0.462. The smallest absolute Gasteiger partial charge is 0.145 e. The second kappa shape index (κ2) is 5.73. The first-order chi connectivity index (χ1) is 8.70. The van der Waals surface area contributed by atoms with Crippen molar-refractivity contribution in [2.75, 3.05) is 7.05 Å². The molecule has 0 aliphatic rings. The third-order valence-electron chi connectivity index (χ3n) is 2.85. The summed E-state index contributed by atoms with van der Waals surface area (Å²) < 4.78 is 1.97. The Balaban J connectivity index is 2.10. The molecule has 1 unspecified atom stereocenters. The molecule has 5 heteroatoms. The summed E-state index contributed by atoms with van der Waals surface area (Å²) in [5.74, 6) is 0.805. The molecule has 0 aromatic carbocycles. The van der Waals surface area contributed by atoms with Gasteiger partial charge < -0.3 is 5.32 Å². The molecular formula is C13H19N5. The summed E-state index contributed by atoms with van der Waals surface area (Å²) in [7, 11) is 1.92. The van der Waals surface area contributed by atoms with Crippen molar-refractivity contribution < 1.29 is 0 Å². The van der Waals surface area contributed by atoms with Crippen LogP contribution in [0.3, 0.4) is 0 Å². The third kappa shape index (κ3) is 2.92. The van der Waals surface area contributed by atoms with Gasteiger partial charge in [0, 0.05) is 31.1 Å². The molecular weight excluding hydrogens is 226 g/mol. The van der Waals surface area contributed by atoms with Gasteiger partial charge in [-0.1, -0.05) is 0 Å². The zero-order valence-electron chi connectivity index (χ0n) is 11.0. The van der Waals surface area contributed by atoms with E-state index in [0.717, 1.165) is 17.9 Å². The van der Waals surface area contributed by atoms with Gasteiger partial charge in [0.25, 0.3) is 0 Å². The van der Waals surface area contributed by atoms with E-state index < -0.39 is 0 Å². The highest BCUT2D eigenvalue weighted by Gasteiger charge is 2.14. The van der Waals surface area contributed by atoms with Gasteiger partial charge in [-0.25, -0.2) is 9.97 Å². The maximum atomic E-state index is 4.54. The van der Waals surface area contributed by atoms with Crippen molar-refractivity contribution in [2.45, 2.75) is 32.4 Å². The van der Waals surface area contributed by atoms with Crippen molar-refractivity contribution in [2.24, 2.45) is 0 Å². The topological polar surface area (TPSA) is 55.6 Å². The number of hydrogen-bond acceptors (Lipinski definition) is 4. The van der Waals surface area contributed by atoms with Gasteiger partial charge in [0.2, 0.25) is 0 Å². The Kier molecular flexibility index (Phi) is 4.04. The van der Waals surface area contributed by atoms with Crippen LogP contribution in [-0.2, 0) is 6.42 Å². The van der Waals surface area contributed by atoms with Crippen molar-refractivity contribution in [3.63, 3.8) is 0 Å². The van der Waals surface area contributed by atoms with Gasteiger partial charge in [0.15, 0.2) is 0 Å². The van der Waals surface area contributed by atoms with Gasteiger partial charge in [-0.3, -0.25) is 4.68 Å². The zero-order valence-corrected chi connectivity index (χ0v) is 11.0. The molecule has 0 fully saturated rings. The second-order valence-corrected chi connectivity index (χ2v) is 4.53. The first kappa shape index (κ1) is 12.7. The Bertz CT molecular complexity index is 477. The van der Waals surface area contributed by atoms with Gasteiger partial charge >= 0.3 is 0 Å². The van der Waals surface area contributed by atoms with Crippen LogP contribution in [0.15, 0.2) is 30.7 Å². The fourth-order valence-corrected chi connectivity index (χ4v) is 1.80. The molecule has 1 N–H and O–H groups in total. The zero-order chi connectivity index (χ0) is 13.0. The van der Waals surface area contributed by atoms with Crippen LogP contribution in [0.25, 0.3) is 0 Å². The van der Waals surface area contributed by atoms with Crippen molar-refractivity contribution >= 4 is 0 Å². The molecule has 0 saturated carbocycles. The molecule has 0 aliphatic heterocycles. The molecule has 0 radical (unpaired) electrons. The SMILES string of the molecule is CNC(Cc1ccn(C(C)C)n1)c1ncccn1. The van der Waals surface area contributed by atoms with Crippen LogP contribution in [0.5, 0.6) is 0 Å². The monoisotopic (exact) mass is 245 g/mol. The Hall–Kier alpha value is -1.75. The van der Waals surface area contributed by atoms with Crippen LogP contribution in [0.2, 0.25) is 0 Å². The molecule has 0 spiro atoms. The minimum atomic E-state index is 0.0988. The van der Waals surface area contributed by atoms with Crippen LogP contribution < -0.4 is 5.32 Å². The average molecular weight is 245 g/mol. The Morgan fingerprint density at radius 2 is 2.00 bits per heavy atom. The summed E-state index contributed by atoms with van der Waals surface area (Å²) in [5.41, 5.74) is 1.05. The van der Waals surface area contributed by atoms with Gasteiger partial charge in [0.1, 0.15) is 5.82 Å². The normalized spacial score (nSPS) is 12.9. The van der Waals surface area contributed by atoms with E-state index in [0.29, 0.717) is 6.04 Å². The van der Waals surface area contributed by atoms with Crippen LogP contribution in [-0.4, -0.2) is 26.8 Å². The molecule has 2 rings (SSSR count). The predicted octanol–water partition coefficient (Wildman–Crippen LogP) is 1.76. The number of rotatable bonds is 5. The lowest BCUT2D eigenvalue weighted by molar-refractivity contribution is 0.508. The number of nitrogens with one attached hydrogen (secondary N) is 1. The lowest BCUT2D eigenvalue weighted by atomic mass is 10.1. The van der Waals surface area contributed by atoms with Crippen LogP contribution in [0.4, 0.5) is 0 Å². The number of aromatic nitrogens is 4. The maximum Gasteiger partial charge on any atom is 0.145 e. The van der Waals surface area contributed by atoms with Crippen molar-refractivity contribution in [1.82, 2.24) is 25.1 Å². The van der Waals surface area contributed by atoms with E-state index >= 15 is 0 Å². The highest BCUT2D eigenvalue weighted by atomic mass is 15.3. The summed E-state index contributed by atoms with van der Waals surface area (Å²) in [5, 5.41) is 7.78. The molecule has 0 saturated heterocycles. The lowest BCUT2D eigenvalue weighted by Gasteiger charge is -2.12. The summed E-state index contributed by atoms with van der Waals surface area (Å²) in [6.07, 6.45) is 6.33. The van der Waals surface area contributed by atoms with Crippen LogP contribution in [0.1, 0.15) is 37.4 Å². The first-order valence-corrected chi connectivity index (χ1v) is 6.19. The summed E-state index contributed by atoms with van der Waals surface area (Å²) in [6.45, 7) is 4.24. The summed E-state index contributed by atoms with van der Waals surface area (Å²) >= 11 is 0. The average Bonchev–Trinajstić information content (AvgIpc) is 2.86. The highest BCUT2D eigenvalue weighted by molar-refractivity contribution is 5.06. The number of hydrogen-bond donors (Lipinski definition) is 1. The van der Waals surface area contributed by atoms with Crippen LogP contribution in [0, 0.1) is 0 Å².